The lowest BCUT2D eigenvalue weighted by Crippen LogP contribution is -2.27. The van der Waals surface area contributed by atoms with Crippen LogP contribution in [0.1, 0.15) is 31.9 Å². The number of nitrogens with zero attached hydrogens (tertiary/aromatic N) is 4. The van der Waals surface area contributed by atoms with Gasteiger partial charge in [0.1, 0.15) is 11.9 Å². The third kappa shape index (κ3) is 2.24. The Morgan fingerprint density at radius 1 is 1.47 bits per heavy atom. The van der Waals surface area contributed by atoms with Crippen LogP contribution >= 0.6 is 0 Å². The van der Waals surface area contributed by atoms with Crippen molar-refractivity contribution in [1.82, 2.24) is 9.97 Å². The van der Waals surface area contributed by atoms with E-state index < -0.39 is 0 Å². The maximum absolute atomic E-state index is 8.63. The molecule has 1 saturated carbocycles. The second kappa shape index (κ2) is 4.26. The standard InChI is InChI=1S/C11H14N4/c1-2-5-15(10-3-4-10)11-8-13-9(6-12)7-14-11/h7-8,10H,2-5H2,1H3. The summed E-state index contributed by atoms with van der Waals surface area (Å²) in [6.45, 7) is 3.18. The van der Waals surface area contributed by atoms with Crippen molar-refractivity contribution in [3.63, 3.8) is 0 Å². The summed E-state index contributed by atoms with van der Waals surface area (Å²) in [5.74, 6) is 0.901. The Morgan fingerprint density at radius 3 is 2.73 bits per heavy atom. The Kier molecular flexibility index (Phi) is 2.82. The zero-order valence-electron chi connectivity index (χ0n) is 8.85. The lowest BCUT2D eigenvalue weighted by molar-refractivity contribution is 0.747. The van der Waals surface area contributed by atoms with Gasteiger partial charge in [0.25, 0.3) is 0 Å². The van der Waals surface area contributed by atoms with Crippen LogP contribution in [0.25, 0.3) is 0 Å². The van der Waals surface area contributed by atoms with Crippen LogP contribution in [-0.4, -0.2) is 22.6 Å². The van der Waals surface area contributed by atoms with E-state index in [2.05, 4.69) is 21.8 Å². The molecule has 2 rings (SSSR count). The fourth-order valence-electron chi connectivity index (χ4n) is 1.64. The van der Waals surface area contributed by atoms with Gasteiger partial charge in [0, 0.05) is 12.6 Å². The van der Waals surface area contributed by atoms with Gasteiger partial charge >= 0.3 is 0 Å². The Morgan fingerprint density at radius 2 is 2.27 bits per heavy atom. The van der Waals surface area contributed by atoms with Crippen molar-refractivity contribution in [1.29, 1.82) is 5.26 Å². The van der Waals surface area contributed by atoms with Crippen LogP contribution in [-0.2, 0) is 0 Å². The molecule has 0 radical (unpaired) electrons. The molecule has 1 aliphatic rings. The highest BCUT2D eigenvalue weighted by atomic mass is 15.2. The summed E-state index contributed by atoms with van der Waals surface area (Å²) >= 11 is 0. The second-order valence-electron chi connectivity index (χ2n) is 3.80. The normalized spacial score (nSPS) is 14.7. The molecule has 0 bridgehead atoms. The molecular formula is C11H14N4. The molecule has 4 nitrogen and oxygen atoms in total. The third-order valence-corrected chi connectivity index (χ3v) is 2.50. The maximum atomic E-state index is 8.63. The molecule has 1 aromatic heterocycles. The highest BCUT2D eigenvalue weighted by Gasteiger charge is 2.29. The number of anilines is 1. The average Bonchev–Trinajstić information content (AvgIpc) is 3.10. The van der Waals surface area contributed by atoms with E-state index in [-0.39, 0.29) is 0 Å². The number of nitriles is 1. The fourth-order valence-corrected chi connectivity index (χ4v) is 1.64. The van der Waals surface area contributed by atoms with Gasteiger partial charge in [-0.1, -0.05) is 6.92 Å². The van der Waals surface area contributed by atoms with Crippen molar-refractivity contribution in [2.75, 3.05) is 11.4 Å². The van der Waals surface area contributed by atoms with Crippen molar-refractivity contribution >= 4 is 5.82 Å². The Bertz CT molecular complexity index is 361. The molecule has 0 spiro atoms. The predicted octanol–water partition coefficient (Wildman–Crippen LogP) is 1.73. The maximum Gasteiger partial charge on any atom is 0.158 e. The molecule has 1 aliphatic carbocycles. The van der Waals surface area contributed by atoms with E-state index >= 15 is 0 Å². The molecule has 0 atom stereocenters. The summed E-state index contributed by atoms with van der Waals surface area (Å²) in [4.78, 5) is 10.6. The second-order valence-corrected chi connectivity index (χ2v) is 3.80. The molecule has 78 valence electrons. The topological polar surface area (TPSA) is 52.8 Å². The summed E-state index contributed by atoms with van der Waals surface area (Å²) in [7, 11) is 0. The Labute approximate surface area is 89.6 Å². The molecule has 0 aliphatic heterocycles. The largest absolute Gasteiger partial charge is 0.352 e. The number of rotatable bonds is 4. The summed E-state index contributed by atoms with van der Waals surface area (Å²) in [6.07, 6.45) is 6.86. The quantitative estimate of drug-likeness (QED) is 0.746. The summed E-state index contributed by atoms with van der Waals surface area (Å²) < 4.78 is 0. The van der Waals surface area contributed by atoms with E-state index in [0.29, 0.717) is 11.7 Å². The third-order valence-electron chi connectivity index (χ3n) is 2.50. The minimum absolute atomic E-state index is 0.381. The summed E-state index contributed by atoms with van der Waals surface area (Å²) in [5.41, 5.74) is 0.381. The van der Waals surface area contributed by atoms with Crippen LogP contribution < -0.4 is 4.90 Å². The minimum atomic E-state index is 0.381. The highest BCUT2D eigenvalue weighted by Crippen LogP contribution is 2.30. The van der Waals surface area contributed by atoms with E-state index in [1.807, 2.05) is 6.07 Å². The van der Waals surface area contributed by atoms with Crippen molar-refractivity contribution < 1.29 is 0 Å². The van der Waals surface area contributed by atoms with E-state index in [0.717, 1.165) is 18.8 Å². The molecule has 0 unspecified atom stereocenters. The zero-order chi connectivity index (χ0) is 10.7. The van der Waals surface area contributed by atoms with E-state index in [1.54, 1.807) is 12.4 Å². The van der Waals surface area contributed by atoms with E-state index in [9.17, 15) is 0 Å². The van der Waals surface area contributed by atoms with Gasteiger partial charge in [0.15, 0.2) is 5.69 Å². The number of aromatic nitrogens is 2. The van der Waals surface area contributed by atoms with Gasteiger partial charge in [-0.25, -0.2) is 9.97 Å². The van der Waals surface area contributed by atoms with Crippen LogP contribution in [0.2, 0.25) is 0 Å². The lowest BCUT2D eigenvalue weighted by atomic mass is 10.4. The first-order valence-corrected chi connectivity index (χ1v) is 5.34. The van der Waals surface area contributed by atoms with E-state index in [4.69, 9.17) is 5.26 Å². The van der Waals surface area contributed by atoms with Gasteiger partial charge in [-0.3, -0.25) is 0 Å². The predicted molar refractivity (Wildman–Crippen MR) is 57.4 cm³/mol. The molecule has 4 heteroatoms. The Balaban J connectivity index is 2.15. The lowest BCUT2D eigenvalue weighted by Gasteiger charge is -2.22. The van der Waals surface area contributed by atoms with Gasteiger partial charge in [-0.2, -0.15) is 5.26 Å². The van der Waals surface area contributed by atoms with Crippen LogP contribution in [0.15, 0.2) is 12.4 Å². The average molecular weight is 202 g/mol. The molecular weight excluding hydrogens is 188 g/mol. The molecule has 0 N–H and O–H groups in total. The van der Waals surface area contributed by atoms with Crippen LogP contribution in [0.3, 0.4) is 0 Å². The molecule has 0 saturated heterocycles. The number of hydrogen-bond acceptors (Lipinski definition) is 4. The van der Waals surface area contributed by atoms with Crippen molar-refractivity contribution in [3.05, 3.63) is 18.1 Å². The van der Waals surface area contributed by atoms with Crippen molar-refractivity contribution in [2.45, 2.75) is 32.2 Å². The first-order valence-electron chi connectivity index (χ1n) is 5.34. The Hall–Kier alpha value is -1.63. The first-order chi connectivity index (χ1) is 7.35. The smallest absolute Gasteiger partial charge is 0.158 e. The van der Waals surface area contributed by atoms with Crippen molar-refractivity contribution in [3.8, 4) is 6.07 Å². The van der Waals surface area contributed by atoms with Gasteiger partial charge in [0.05, 0.1) is 12.4 Å². The van der Waals surface area contributed by atoms with Gasteiger partial charge < -0.3 is 4.90 Å². The van der Waals surface area contributed by atoms with Crippen LogP contribution in [0, 0.1) is 11.3 Å². The summed E-state index contributed by atoms with van der Waals surface area (Å²) in [6, 6.07) is 2.62. The summed E-state index contributed by atoms with van der Waals surface area (Å²) in [5, 5.41) is 8.63. The molecule has 15 heavy (non-hydrogen) atoms. The molecule has 1 aromatic rings. The van der Waals surface area contributed by atoms with Crippen molar-refractivity contribution in [2.24, 2.45) is 0 Å². The number of hydrogen-bond donors (Lipinski definition) is 0. The zero-order valence-corrected chi connectivity index (χ0v) is 8.85. The minimum Gasteiger partial charge on any atom is -0.352 e. The fraction of sp³-hybridized carbons (Fsp3) is 0.545. The van der Waals surface area contributed by atoms with Gasteiger partial charge in [-0.15, -0.1) is 0 Å². The molecule has 0 aromatic carbocycles. The molecule has 0 amide bonds. The molecule has 1 heterocycles. The van der Waals surface area contributed by atoms with E-state index in [1.165, 1.54) is 12.8 Å². The van der Waals surface area contributed by atoms with Gasteiger partial charge in [0.2, 0.25) is 0 Å². The molecule has 1 fully saturated rings. The van der Waals surface area contributed by atoms with Crippen LogP contribution in [0.5, 0.6) is 0 Å². The van der Waals surface area contributed by atoms with Crippen LogP contribution in [0.4, 0.5) is 5.82 Å². The van der Waals surface area contributed by atoms with Gasteiger partial charge in [-0.05, 0) is 19.3 Å². The SMILES string of the molecule is CCCN(c1cnc(C#N)cn1)C1CC1. The monoisotopic (exact) mass is 202 g/mol. The highest BCUT2D eigenvalue weighted by molar-refractivity contribution is 5.40. The first kappa shape index (κ1) is 9.91.